The molecule has 1 atom stereocenters. The minimum Gasteiger partial charge on any atom is -0.352 e. The monoisotopic (exact) mass is 551 g/mol. The predicted octanol–water partition coefficient (Wildman–Crippen LogP) is 4.89. The van der Waals surface area contributed by atoms with Crippen molar-refractivity contribution in [1.82, 2.24) is 10.2 Å². The fraction of sp³-hybridized carbons (Fsp3) is 0.481. The Morgan fingerprint density at radius 3 is 2.46 bits per heavy atom. The lowest BCUT2D eigenvalue weighted by Gasteiger charge is -2.31. The molecule has 1 aliphatic rings. The number of carbonyl (C=O) groups excluding carboxylic acids is 2. The van der Waals surface area contributed by atoms with Gasteiger partial charge < -0.3 is 10.2 Å². The van der Waals surface area contributed by atoms with Gasteiger partial charge in [0.05, 0.1) is 11.9 Å². The molecule has 10 heteroatoms. The van der Waals surface area contributed by atoms with Crippen LogP contribution in [0.25, 0.3) is 0 Å². The second-order valence-corrected chi connectivity index (χ2v) is 11.9. The van der Waals surface area contributed by atoms with Crippen molar-refractivity contribution in [3.8, 4) is 0 Å². The predicted molar refractivity (Wildman–Crippen MR) is 144 cm³/mol. The third-order valence-corrected chi connectivity index (χ3v) is 8.05. The molecule has 1 saturated carbocycles. The lowest BCUT2D eigenvalue weighted by atomic mass is 9.95. The molecule has 0 aliphatic heterocycles. The molecular weight excluding hydrogens is 517 g/mol. The van der Waals surface area contributed by atoms with Gasteiger partial charge in [-0.1, -0.05) is 55.1 Å². The first kappa shape index (κ1) is 28.9. The molecule has 0 unspecified atom stereocenters. The summed E-state index contributed by atoms with van der Waals surface area (Å²) in [5.41, 5.74) is 0.718. The number of hydrogen-bond donors (Lipinski definition) is 1. The normalized spacial score (nSPS) is 15.1. The molecule has 2 aromatic rings. The molecule has 0 bridgehead atoms. The largest absolute Gasteiger partial charge is 0.352 e. The zero-order valence-corrected chi connectivity index (χ0v) is 22.9. The summed E-state index contributed by atoms with van der Waals surface area (Å²) in [5, 5.41) is 3.61. The van der Waals surface area contributed by atoms with Crippen molar-refractivity contribution in [2.45, 2.75) is 70.5 Å². The van der Waals surface area contributed by atoms with E-state index in [1.165, 1.54) is 29.5 Å². The maximum absolute atomic E-state index is 14.3. The molecule has 0 heterocycles. The van der Waals surface area contributed by atoms with Gasteiger partial charge in [-0.25, -0.2) is 12.8 Å². The van der Waals surface area contributed by atoms with Gasteiger partial charge in [0.1, 0.15) is 11.9 Å². The first-order valence-electron chi connectivity index (χ1n) is 12.6. The molecule has 1 N–H and O–H groups in total. The number of hydrogen-bond acceptors (Lipinski definition) is 4. The summed E-state index contributed by atoms with van der Waals surface area (Å²) in [6.07, 6.45) is 6.32. The van der Waals surface area contributed by atoms with Crippen LogP contribution >= 0.6 is 11.6 Å². The van der Waals surface area contributed by atoms with E-state index >= 15 is 0 Å². The van der Waals surface area contributed by atoms with Crippen LogP contribution in [0.5, 0.6) is 0 Å². The Morgan fingerprint density at radius 1 is 1.11 bits per heavy atom. The molecule has 0 saturated heterocycles. The number of nitrogens with one attached hydrogen (secondary N) is 1. The van der Waals surface area contributed by atoms with Gasteiger partial charge >= 0.3 is 0 Å². The summed E-state index contributed by atoms with van der Waals surface area (Å²) in [4.78, 5) is 28.0. The smallest absolute Gasteiger partial charge is 0.242 e. The number of para-hydroxylation sites is 1. The fourth-order valence-electron chi connectivity index (χ4n) is 4.62. The van der Waals surface area contributed by atoms with Crippen LogP contribution in [0.2, 0.25) is 5.02 Å². The number of anilines is 1. The highest BCUT2D eigenvalue weighted by molar-refractivity contribution is 7.92. The molecule has 0 aromatic heterocycles. The fourth-order valence-corrected chi connectivity index (χ4v) is 5.80. The van der Waals surface area contributed by atoms with Crippen molar-refractivity contribution in [3.63, 3.8) is 0 Å². The molecule has 2 amide bonds. The van der Waals surface area contributed by atoms with Crippen LogP contribution in [0.1, 0.15) is 57.4 Å². The Hall–Kier alpha value is -2.65. The minimum absolute atomic E-state index is 0.0118. The number of carbonyl (C=O) groups is 2. The Morgan fingerprint density at radius 2 is 1.81 bits per heavy atom. The van der Waals surface area contributed by atoms with E-state index in [4.69, 9.17) is 11.6 Å². The van der Waals surface area contributed by atoms with Crippen LogP contribution in [0.4, 0.5) is 10.1 Å². The third kappa shape index (κ3) is 8.43. The number of rotatable bonds is 11. The van der Waals surface area contributed by atoms with Gasteiger partial charge in [0.15, 0.2) is 0 Å². The van der Waals surface area contributed by atoms with Crippen molar-refractivity contribution in [2.24, 2.45) is 0 Å². The van der Waals surface area contributed by atoms with E-state index in [-0.39, 0.29) is 49.5 Å². The first-order chi connectivity index (χ1) is 17.6. The van der Waals surface area contributed by atoms with Gasteiger partial charge in [-0.3, -0.25) is 13.9 Å². The Balaban J connectivity index is 1.72. The van der Waals surface area contributed by atoms with Gasteiger partial charge in [0, 0.05) is 30.6 Å². The highest BCUT2D eigenvalue weighted by Gasteiger charge is 2.28. The van der Waals surface area contributed by atoms with E-state index in [2.05, 4.69) is 5.32 Å². The molecule has 1 aliphatic carbocycles. The van der Waals surface area contributed by atoms with E-state index < -0.39 is 21.9 Å². The van der Waals surface area contributed by atoms with Crippen LogP contribution < -0.4 is 9.62 Å². The Kier molecular flexibility index (Phi) is 10.3. The number of halogens is 2. The average Bonchev–Trinajstić information content (AvgIpc) is 2.85. The lowest BCUT2D eigenvalue weighted by molar-refractivity contribution is -0.141. The zero-order valence-electron chi connectivity index (χ0n) is 21.3. The van der Waals surface area contributed by atoms with E-state index in [0.29, 0.717) is 5.02 Å². The van der Waals surface area contributed by atoms with Crippen molar-refractivity contribution in [1.29, 1.82) is 0 Å². The summed E-state index contributed by atoms with van der Waals surface area (Å²) >= 11 is 6.14. The molecule has 7 nitrogen and oxygen atoms in total. The van der Waals surface area contributed by atoms with Crippen molar-refractivity contribution >= 4 is 39.1 Å². The first-order valence-corrected chi connectivity index (χ1v) is 14.9. The van der Waals surface area contributed by atoms with Crippen LogP contribution in [-0.4, -0.2) is 50.0 Å². The van der Waals surface area contributed by atoms with Crippen LogP contribution in [0.3, 0.4) is 0 Å². The van der Waals surface area contributed by atoms with Gasteiger partial charge in [0.2, 0.25) is 21.8 Å². The number of benzene rings is 2. The standard InChI is InChI=1S/C27H35ClFN3O4S/c1-20(27(34)30-23-12-4-3-5-13-23)31(19-21-10-8-11-22(28)18-21)26(33)16-9-17-32(37(2,35)36)25-15-7-6-14-24(25)29/h6-8,10-11,14-15,18,20,23H,3-5,9,12-13,16-17,19H2,1-2H3,(H,30,34)/t20-/m1/s1. The molecule has 3 rings (SSSR count). The summed E-state index contributed by atoms with van der Waals surface area (Å²) in [6, 6.07) is 12.1. The van der Waals surface area contributed by atoms with E-state index in [1.807, 2.05) is 6.07 Å². The third-order valence-electron chi connectivity index (χ3n) is 6.63. The van der Waals surface area contributed by atoms with E-state index in [0.717, 1.165) is 41.8 Å². The maximum Gasteiger partial charge on any atom is 0.242 e. The van der Waals surface area contributed by atoms with Gasteiger partial charge in [0.25, 0.3) is 0 Å². The van der Waals surface area contributed by atoms with Gasteiger partial charge in [-0.2, -0.15) is 0 Å². The van der Waals surface area contributed by atoms with Crippen LogP contribution in [0, 0.1) is 5.82 Å². The molecule has 1 fully saturated rings. The lowest BCUT2D eigenvalue weighted by Crippen LogP contribution is -2.50. The second kappa shape index (κ2) is 13.2. The Bertz CT molecular complexity index is 1190. The van der Waals surface area contributed by atoms with Crippen molar-refractivity contribution < 1.29 is 22.4 Å². The molecule has 0 spiro atoms. The van der Waals surface area contributed by atoms with Gasteiger partial charge in [-0.05, 0) is 56.0 Å². The van der Waals surface area contributed by atoms with Crippen molar-refractivity contribution in [2.75, 3.05) is 17.1 Å². The highest BCUT2D eigenvalue weighted by Crippen LogP contribution is 2.23. The molecule has 202 valence electrons. The summed E-state index contributed by atoms with van der Waals surface area (Å²) < 4.78 is 40.0. The summed E-state index contributed by atoms with van der Waals surface area (Å²) in [7, 11) is -3.77. The second-order valence-electron chi connectivity index (χ2n) is 9.56. The summed E-state index contributed by atoms with van der Waals surface area (Å²) in [6.45, 7) is 1.81. The highest BCUT2D eigenvalue weighted by atomic mass is 35.5. The molecule has 2 aromatic carbocycles. The quantitative estimate of drug-likeness (QED) is 0.431. The van der Waals surface area contributed by atoms with Gasteiger partial charge in [-0.15, -0.1) is 0 Å². The minimum atomic E-state index is -3.77. The molecule has 37 heavy (non-hydrogen) atoms. The number of sulfonamides is 1. The van der Waals surface area contributed by atoms with Crippen LogP contribution in [0.15, 0.2) is 48.5 Å². The van der Waals surface area contributed by atoms with E-state index in [1.54, 1.807) is 31.2 Å². The topological polar surface area (TPSA) is 86.8 Å². The molecular formula is C27H35ClFN3O4S. The number of nitrogens with zero attached hydrogens (tertiary/aromatic N) is 2. The zero-order chi connectivity index (χ0) is 27.0. The van der Waals surface area contributed by atoms with E-state index in [9.17, 15) is 22.4 Å². The maximum atomic E-state index is 14.3. The molecule has 0 radical (unpaired) electrons. The SMILES string of the molecule is C[C@H](C(=O)NC1CCCCC1)N(Cc1cccc(Cl)c1)C(=O)CCCN(c1ccccc1F)S(C)(=O)=O. The Labute approximate surface area is 224 Å². The number of amides is 2. The van der Waals surface area contributed by atoms with Crippen molar-refractivity contribution in [3.05, 3.63) is 64.9 Å². The average molecular weight is 552 g/mol. The summed E-state index contributed by atoms with van der Waals surface area (Å²) in [5.74, 6) is -1.17. The van der Waals surface area contributed by atoms with Crippen LogP contribution in [-0.2, 0) is 26.2 Å².